The van der Waals surface area contributed by atoms with Crippen LogP contribution in [-0.2, 0) is 17.8 Å². The van der Waals surface area contributed by atoms with E-state index in [1.807, 2.05) is 12.1 Å². The first kappa shape index (κ1) is 31.1. The van der Waals surface area contributed by atoms with Crippen LogP contribution in [0.2, 0.25) is 5.02 Å². The molecular formula is C34H41ClN8O2. The Morgan fingerprint density at radius 2 is 1.96 bits per heavy atom. The fourth-order valence-electron chi connectivity index (χ4n) is 7.40. The van der Waals surface area contributed by atoms with Crippen LogP contribution >= 0.6 is 11.6 Å². The molecular weight excluding hydrogens is 588 g/mol. The van der Waals surface area contributed by atoms with Gasteiger partial charge in [-0.2, -0.15) is 9.97 Å². The van der Waals surface area contributed by atoms with E-state index in [4.69, 9.17) is 32.9 Å². The molecule has 45 heavy (non-hydrogen) atoms. The number of hydrogen-bond acceptors (Lipinski definition) is 8. The van der Waals surface area contributed by atoms with Crippen LogP contribution < -0.4 is 14.5 Å². The summed E-state index contributed by atoms with van der Waals surface area (Å²) in [5.74, 6) is 0.705. The van der Waals surface area contributed by atoms with Gasteiger partial charge in [-0.3, -0.25) is 4.79 Å². The van der Waals surface area contributed by atoms with Gasteiger partial charge in [0.2, 0.25) is 12.5 Å². The first-order valence-corrected chi connectivity index (χ1v) is 15.9. The molecule has 0 spiro atoms. The third-order valence-corrected chi connectivity index (χ3v) is 9.42. The Morgan fingerprint density at radius 1 is 1.18 bits per heavy atom. The number of rotatable bonds is 9. The number of benzene rings is 2. The van der Waals surface area contributed by atoms with Crippen LogP contribution in [0.4, 0.5) is 11.5 Å². The summed E-state index contributed by atoms with van der Waals surface area (Å²) in [7, 11) is 6.32. The largest absolute Gasteiger partial charge is 0.463 e. The molecule has 0 bridgehead atoms. The summed E-state index contributed by atoms with van der Waals surface area (Å²) in [5, 5.41) is 2.88. The number of carbonyl (C=O) groups is 1. The maximum Gasteiger partial charge on any atom is 0.318 e. The van der Waals surface area contributed by atoms with Crippen LogP contribution in [0.3, 0.4) is 0 Å². The van der Waals surface area contributed by atoms with E-state index in [0.717, 1.165) is 71.2 Å². The molecule has 0 radical (unpaired) electrons. The van der Waals surface area contributed by atoms with Gasteiger partial charge < -0.3 is 34.1 Å². The molecule has 0 unspecified atom stereocenters. The molecule has 3 aliphatic rings. The fourth-order valence-corrected chi connectivity index (χ4v) is 7.68. The molecule has 2 saturated heterocycles. The minimum atomic E-state index is -0.247. The van der Waals surface area contributed by atoms with Gasteiger partial charge >= 0.3 is 6.01 Å². The summed E-state index contributed by atoms with van der Waals surface area (Å²) in [5.41, 5.74) is 3.13. The first-order valence-electron chi connectivity index (χ1n) is 15.5. The highest BCUT2D eigenvalue weighted by atomic mass is 35.5. The van der Waals surface area contributed by atoms with Crippen molar-refractivity contribution < 1.29 is 9.53 Å². The number of amides is 1. The lowest BCUT2D eigenvalue weighted by Gasteiger charge is -2.49. The Labute approximate surface area is 270 Å². The van der Waals surface area contributed by atoms with Gasteiger partial charge in [0.05, 0.1) is 17.3 Å². The molecule has 2 aromatic carbocycles. The van der Waals surface area contributed by atoms with Crippen molar-refractivity contribution in [2.24, 2.45) is 5.41 Å². The Kier molecular flexibility index (Phi) is 8.87. The molecule has 2 fully saturated rings. The highest BCUT2D eigenvalue weighted by Gasteiger charge is 2.43. The third-order valence-electron chi connectivity index (χ3n) is 9.11. The minimum Gasteiger partial charge on any atom is -0.463 e. The van der Waals surface area contributed by atoms with Gasteiger partial charge in [0.15, 0.2) is 0 Å². The Bertz CT molecular complexity index is 1630. The second-order valence-electron chi connectivity index (χ2n) is 12.9. The van der Waals surface area contributed by atoms with Crippen LogP contribution in [0, 0.1) is 12.0 Å². The number of carbonyl (C=O) groups excluding carboxylic acids is 1. The summed E-state index contributed by atoms with van der Waals surface area (Å²) >= 11 is 6.73. The molecule has 1 atom stereocenters. The van der Waals surface area contributed by atoms with Crippen molar-refractivity contribution in [1.82, 2.24) is 24.7 Å². The van der Waals surface area contributed by atoms with Crippen molar-refractivity contribution in [2.45, 2.75) is 19.0 Å². The van der Waals surface area contributed by atoms with E-state index in [1.54, 1.807) is 4.90 Å². The maximum atomic E-state index is 12.6. The van der Waals surface area contributed by atoms with E-state index in [9.17, 15) is 4.79 Å². The van der Waals surface area contributed by atoms with Crippen molar-refractivity contribution in [3.63, 3.8) is 0 Å². The lowest BCUT2D eigenvalue weighted by Crippen LogP contribution is -2.61. The second kappa shape index (κ2) is 12.8. The molecule has 3 aromatic rings. The van der Waals surface area contributed by atoms with Gasteiger partial charge in [0.1, 0.15) is 18.5 Å². The maximum absolute atomic E-state index is 12.6. The number of halogens is 1. The number of nitrogens with zero attached hydrogens (tertiary/aromatic N) is 8. The van der Waals surface area contributed by atoms with Gasteiger partial charge in [-0.1, -0.05) is 42.4 Å². The van der Waals surface area contributed by atoms with E-state index in [0.29, 0.717) is 38.8 Å². The highest BCUT2D eigenvalue weighted by Crippen LogP contribution is 2.38. The Hall–Kier alpha value is -3.91. The molecule has 10 nitrogen and oxygen atoms in total. The molecule has 0 saturated carbocycles. The number of piperazine rings is 1. The number of likely N-dealkylation sites (tertiary alicyclic amines) is 1. The van der Waals surface area contributed by atoms with E-state index in [2.05, 4.69) is 76.4 Å². The quantitative estimate of drug-likeness (QED) is 0.262. The lowest BCUT2D eigenvalue weighted by molar-refractivity contribution is -0.128. The van der Waals surface area contributed by atoms with Crippen LogP contribution in [0.15, 0.2) is 49.1 Å². The van der Waals surface area contributed by atoms with E-state index in [1.165, 1.54) is 6.08 Å². The summed E-state index contributed by atoms with van der Waals surface area (Å²) in [6.45, 7) is 17.8. The molecule has 4 heterocycles. The summed E-state index contributed by atoms with van der Waals surface area (Å²) in [6, 6.07) is 12.4. The summed E-state index contributed by atoms with van der Waals surface area (Å²) in [4.78, 5) is 37.2. The SMILES string of the molecule is [C-]#[N+]C[C@H]1CN(c2nc(OCC3(CN(C)C)CN(C)C3)nc3c2CCN(c2cccc4cccc(Cl)c24)C3)CCN1C(=O)C=C. The van der Waals surface area contributed by atoms with Gasteiger partial charge in [0, 0.05) is 67.9 Å². The average molecular weight is 629 g/mol. The number of hydrogen-bond donors (Lipinski definition) is 0. The molecule has 1 aromatic heterocycles. The summed E-state index contributed by atoms with van der Waals surface area (Å²) < 4.78 is 6.47. The van der Waals surface area contributed by atoms with Gasteiger partial charge in [0.25, 0.3) is 0 Å². The highest BCUT2D eigenvalue weighted by molar-refractivity contribution is 6.36. The molecule has 0 N–H and O–H groups in total. The molecule has 1 amide bonds. The van der Waals surface area contributed by atoms with Crippen LogP contribution in [0.5, 0.6) is 6.01 Å². The van der Waals surface area contributed by atoms with Gasteiger partial charge in [-0.15, -0.1) is 0 Å². The van der Waals surface area contributed by atoms with Gasteiger partial charge in [-0.05, 0) is 51.2 Å². The molecule has 3 aliphatic heterocycles. The second-order valence-corrected chi connectivity index (χ2v) is 13.3. The fraction of sp³-hybridized carbons (Fsp3) is 0.471. The van der Waals surface area contributed by atoms with Gasteiger partial charge in [-0.25, -0.2) is 6.57 Å². The monoisotopic (exact) mass is 628 g/mol. The van der Waals surface area contributed by atoms with Crippen molar-refractivity contribution in [2.75, 3.05) is 89.9 Å². The number of fused-ring (bicyclic) bond motifs is 2. The van der Waals surface area contributed by atoms with Crippen molar-refractivity contribution in [1.29, 1.82) is 0 Å². The number of anilines is 2. The van der Waals surface area contributed by atoms with E-state index < -0.39 is 0 Å². The average Bonchev–Trinajstić information content (AvgIpc) is 3.01. The van der Waals surface area contributed by atoms with Crippen molar-refractivity contribution >= 4 is 39.8 Å². The third kappa shape index (κ3) is 6.30. The number of ether oxygens (including phenoxy) is 1. The van der Waals surface area contributed by atoms with E-state index >= 15 is 0 Å². The van der Waals surface area contributed by atoms with Crippen molar-refractivity contribution in [3.8, 4) is 6.01 Å². The zero-order chi connectivity index (χ0) is 31.7. The minimum absolute atomic E-state index is 0.0147. The predicted octanol–water partition coefficient (Wildman–Crippen LogP) is 3.84. The smallest absolute Gasteiger partial charge is 0.318 e. The zero-order valence-electron chi connectivity index (χ0n) is 26.4. The molecule has 6 rings (SSSR count). The lowest BCUT2D eigenvalue weighted by atomic mass is 9.80. The number of aromatic nitrogens is 2. The molecule has 0 aliphatic carbocycles. The normalized spacial score (nSPS) is 19.6. The van der Waals surface area contributed by atoms with E-state index in [-0.39, 0.29) is 23.9 Å². The van der Waals surface area contributed by atoms with Crippen molar-refractivity contribution in [3.05, 3.63) is 76.8 Å². The Morgan fingerprint density at radius 3 is 2.67 bits per heavy atom. The van der Waals surface area contributed by atoms with Crippen LogP contribution in [0.25, 0.3) is 15.6 Å². The predicted molar refractivity (Wildman–Crippen MR) is 179 cm³/mol. The van der Waals surface area contributed by atoms with Crippen LogP contribution in [-0.4, -0.2) is 117 Å². The summed E-state index contributed by atoms with van der Waals surface area (Å²) in [6.07, 6.45) is 2.08. The molecule has 11 heteroatoms. The standard InChI is InChI=1S/C34H41ClN8O2/c1-6-30(44)43-16-15-42(18-25(43)17-36-2)32-26-13-14-41(29-12-8-10-24-9-7-11-27(35)31(24)29)19-28(26)37-33(38-32)45-23-34(20-39(3)4)21-40(5)22-34/h6-12,25H,1,13-23H2,3-5H3/t25-/m0/s1. The topological polar surface area (TPSA) is 72.6 Å². The first-order chi connectivity index (χ1) is 21.7. The van der Waals surface area contributed by atoms with Crippen LogP contribution in [0.1, 0.15) is 11.3 Å². The molecule has 236 valence electrons. The Balaban J connectivity index is 1.34. The zero-order valence-corrected chi connectivity index (χ0v) is 27.1.